The van der Waals surface area contributed by atoms with Crippen molar-refractivity contribution >= 4 is 22.6 Å². The van der Waals surface area contributed by atoms with Crippen LogP contribution in [0.2, 0.25) is 0 Å². The van der Waals surface area contributed by atoms with Gasteiger partial charge < -0.3 is 19.5 Å². The summed E-state index contributed by atoms with van der Waals surface area (Å²) in [5.74, 6) is 1.62. The molecule has 1 saturated heterocycles. The lowest BCUT2D eigenvalue weighted by Gasteiger charge is -2.35. The summed E-state index contributed by atoms with van der Waals surface area (Å²) in [6, 6.07) is 7.29. The lowest BCUT2D eigenvalue weighted by molar-refractivity contribution is -0.0686. The molecule has 10 nitrogen and oxygen atoms in total. The van der Waals surface area contributed by atoms with Gasteiger partial charge in [0.1, 0.15) is 11.3 Å². The molecule has 0 spiro atoms. The van der Waals surface area contributed by atoms with Crippen LogP contribution in [0, 0.1) is 0 Å². The zero-order valence-corrected chi connectivity index (χ0v) is 20.9. The predicted octanol–water partition coefficient (Wildman–Crippen LogP) is 2.48. The summed E-state index contributed by atoms with van der Waals surface area (Å²) >= 11 is 0. The number of rotatable bonds is 7. The zero-order chi connectivity index (χ0) is 25.1. The van der Waals surface area contributed by atoms with Crippen LogP contribution in [0.4, 0.5) is 5.82 Å². The van der Waals surface area contributed by atoms with Crippen molar-refractivity contribution in [1.29, 1.82) is 0 Å². The molecule has 2 atom stereocenters. The van der Waals surface area contributed by atoms with E-state index in [1.165, 1.54) is 6.20 Å². The van der Waals surface area contributed by atoms with E-state index in [1.807, 2.05) is 16.7 Å². The molecule has 0 saturated carbocycles. The van der Waals surface area contributed by atoms with Gasteiger partial charge in [0, 0.05) is 50.5 Å². The molecule has 2 aliphatic rings. The topological polar surface area (TPSA) is 103 Å². The number of benzene rings is 1. The van der Waals surface area contributed by atoms with Gasteiger partial charge in [-0.25, -0.2) is 4.98 Å². The van der Waals surface area contributed by atoms with Crippen molar-refractivity contribution in [3.63, 3.8) is 0 Å². The number of hydrogen-bond acceptors (Lipinski definition) is 8. The molecule has 1 amide bonds. The largest absolute Gasteiger partial charge is 0.491 e. The average Bonchev–Trinajstić information content (AvgIpc) is 3.37. The Kier molecular flexibility index (Phi) is 7.15. The van der Waals surface area contributed by atoms with Crippen molar-refractivity contribution in [3.8, 4) is 11.5 Å². The Balaban J connectivity index is 1.40. The van der Waals surface area contributed by atoms with Crippen molar-refractivity contribution in [2.75, 3.05) is 45.2 Å². The van der Waals surface area contributed by atoms with Gasteiger partial charge in [-0.3, -0.25) is 19.2 Å². The van der Waals surface area contributed by atoms with Crippen LogP contribution >= 0.6 is 0 Å². The Morgan fingerprint density at radius 3 is 2.83 bits per heavy atom. The number of aromatic nitrogens is 3. The number of carbonyl (C=O) groups is 1. The van der Waals surface area contributed by atoms with Crippen LogP contribution in [0.3, 0.4) is 0 Å². The fourth-order valence-corrected chi connectivity index (χ4v) is 4.93. The number of ether oxygens (including phenoxy) is 3. The van der Waals surface area contributed by atoms with E-state index in [1.54, 1.807) is 25.4 Å². The minimum Gasteiger partial charge on any atom is -0.491 e. The van der Waals surface area contributed by atoms with Crippen LogP contribution in [0.1, 0.15) is 30.6 Å². The second-order valence-electron chi connectivity index (χ2n) is 9.21. The maximum atomic E-state index is 12.8. The minimum atomic E-state index is -0.394. The molecule has 4 heterocycles. The second kappa shape index (κ2) is 10.6. The standard InChI is InChI=1S/C26H32N6O4/c1-17-15-31(16-18(2)36-17)11-5-13-35-21-8-7-20-22(23(21)34-3)29-26(32-12-10-28-24(20)32)30-25(33)19-6-4-9-27-14-19/h4,6-9,14,17-18,28H,5,10-13,15-16H2,1-3H3. The van der Waals surface area contributed by atoms with Crippen LogP contribution in [-0.2, 0) is 11.3 Å². The van der Waals surface area contributed by atoms with Gasteiger partial charge in [-0.2, -0.15) is 4.99 Å². The molecule has 36 heavy (non-hydrogen) atoms. The van der Waals surface area contributed by atoms with E-state index in [-0.39, 0.29) is 12.2 Å². The molecule has 2 unspecified atom stereocenters. The van der Waals surface area contributed by atoms with Crippen LogP contribution < -0.4 is 20.4 Å². The van der Waals surface area contributed by atoms with Crippen LogP contribution in [0.5, 0.6) is 11.5 Å². The normalized spacial score (nSPS) is 20.2. The fraction of sp³-hybridized carbons (Fsp3) is 0.462. The fourth-order valence-electron chi connectivity index (χ4n) is 4.93. The van der Waals surface area contributed by atoms with Gasteiger partial charge in [0.2, 0.25) is 5.62 Å². The monoisotopic (exact) mass is 492 g/mol. The molecule has 0 radical (unpaired) electrons. The van der Waals surface area contributed by atoms with Crippen molar-refractivity contribution < 1.29 is 19.0 Å². The number of hydrogen-bond donors (Lipinski definition) is 1. The Bertz CT molecular complexity index is 1300. The summed E-state index contributed by atoms with van der Waals surface area (Å²) in [5, 5.41) is 4.28. The third-order valence-electron chi connectivity index (χ3n) is 6.39. The van der Waals surface area contributed by atoms with E-state index in [0.717, 1.165) is 43.8 Å². The highest BCUT2D eigenvalue weighted by atomic mass is 16.5. The average molecular weight is 493 g/mol. The molecule has 0 bridgehead atoms. The quantitative estimate of drug-likeness (QED) is 0.502. The van der Waals surface area contributed by atoms with Gasteiger partial charge in [0.15, 0.2) is 11.5 Å². The highest BCUT2D eigenvalue weighted by Crippen LogP contribution is 2.37. The molecule has 2 aromatic heterocycles. The number of nitrogens with one attached hydrogen (secondary N) is 1. The summed E-state index contributed by atoms with van der Waals surface area (Å²) in [6.07, 6.45) is 4.50. The lowest BCUT2D eigenvalue weighted by Crippen LogP contribution is -2.45. The smallest absolute Gasteiger partial charge is 0.281 e. The Hall–Kier alpha value is -3.50. The van der Waals surface area contributed by atoms with E-state index in [2.05, 4.69) is 34.0 Å². The number of pyridine rings is 1. The van der Waals surface area contributed by atoms with E-state index in [0.29, 0.717) is 41.3 Å². The number of anilines is 1. The van der Waals surface area contributed by atoms with E-state index >= 15 is 0 Å². The van der Waals surface area contributed by atoms with E-state index in [9.17, 15) is 4.79 Å². The molecule has 1 aromatic carbocycles. The Labute approximate surface area is 209 Å². The van der Waals surface area contributed by atoms with Crippen LogP contribution in [0.15, 0.2) is 41.7 Å². The number of amides is 1. The summed E-state index contributed by atoms with van der Waals surface area (Å²) in [7, 11) is 1.60. The molecule has 10 heteroatoms. The third-order valence-corrected chi connectivity index (χ3v) is 6.39. The van der Waals surface area contributed by atoms with Gasteiger partial charge in [0.25, 0.3) is 5.91 Å². The third kappa shape index (κ3) is 5.05. The molecular weight excluding hydrogens is 460 g/mol. The maximum absolute atomic E-state index is 12.8. The molecule has 3 aromatic rings. The number of morpholine rings is 1. The zero-order valence-electron chi connectivity index (χ0n) is 20.9. The van der Waals surface area contributed by atoms with Crippen molar-refractivity contribution in [2.45, 2.75) is 39.0 Å². The summed E-state index contributed by atoms with van der Waals surface area (Å²) in [4.78, 5) is 28.3. The van der Waals surface area contributed by atoms with E-state index in [4.69, 9.17) is 19.2 Å². The summed E-state index contributed by atoms with van der Waals surface area (Å²) < 4.78 is 19.6. The highest BCUT2D eigenvalue weighted by molar-refractivity contribution is 5.96. The number of nitrogens with zero attached hydrogens (tertiary/aromatic N) is 5. The minimum absolute atomic E-state index is 0.249. The number of methoxy groups -OCH3 is 1. The predicted molar refractivity (Wildman–Crippen MR) is 135 cm³/mol. The molecular formula is C26H32N6O4. The first-order valence-electron chi connectivity index (χ1n) is 12.4. The first-order valence-corrected chi connectivity index (χ1v) is 12.4. The van der Waals surface area contributed by atoms with E-state index < -0.39 is 5.91 Å². The van der Waals surface area contributed by atoms with Gasteiger partial charge in [-0.15, -0.1) is 0 Å². The number of fused-ring (bicyclic) bond motifs is 3. The van der Waals surface area contributed by atoms with Crippen molar-refractivity contribution in [1.82, 2.24) is 19.4 Å². The summed E-state index contributed by atoms with van der Waals surface area (Å²) in [5.41, 5.74) is 1.33. The Morgan fingerprint density at radius 1 is 1.25 bits per heavy atom. The second-order valence-corrected chi connectivity index (χ2v) is 9.21. The van der Waals surface area contributed by atoms with Gasteiger partial charge in [-0.1, -0.05) is 0 Å². The Morgan fingerprint density at radius 2 is 2.08 bits per heavy atom. The molecule has 1 N–H and O–H groups in total. The van der Waals surface area contributed by atoms with Crippen LogP contribution in [-0.4, -0.2) is 77.4 Å². The number of carbonyl (C=O) groups excluding carboxylic acids is 1. The first-order chi connectivity index (χ1) is 17.5. The van der Waals surface area contributed by atoms with Gasteiger partial charge in [0.05, 0.1) is 31.5 Å². The molecule has 2 aliphatic heterocycles. The van der Waals surface area contributed by atoms with Crippen LogP contribution in [0.25, 0.3) is 10.9 Å². The molecule has 0 aliphatic carbocycles. The molecule has 190 valence electrons. The lowest BCUT2D eigenvalue weighted by atomic mass is 10.2. The van der Waals surface area contributed by atoms with Crippen molar-refractivity contribution in [3.05, 3.63) is 47.8 Å². The maximum Gasteiger partial charge on any atom is 0.281 e. The van der Waals surface area contributed by atoms with Gasteiger partial charge in [-0.05, 0) is 44.5 Å². The summed E-state index contributed by atoms with van der Waals surface area (Å²) in [6.45, 7) is 8.99. The highest BCUT2D eigenvalue weighted by Gasteiger charge is 2.23. The first kappa shape index (κ1) is 24.2. The SMILES string of the molecule is COc1c(OCCCN2CC(C)OC(C)C2)ccc2c3n(c(=NC(=O)c4cccnc4)nc12)CCN3. The molecule has 5 rings (SSSR count). The van der Waals surface area contributed by atoms with Crippen molar-refractivity contribution in [2.24, 2.45) is 4.99 Å². The molecule has 1 fully saturated rings. The van der Waals surface area contributed by atoms with Gasteiger partial charge >= 0.3 is 0 Å².